The summed E-state index contributed by atoms with van der Waals surface area (Å²) in [5, 5.41) is 16.0. The summed E-state index contributed by atoms with van der Waals surface area (Å²) < 4.78 is 0. The van der Waals surface area contributed by atoms with Crippen LogP contribution in [-0.2, 0) is 0 Å². The van der Waals surface area contributed by atoms with Gasteiger partial charge in [-0.15, -0.1) is 0 Å². The molecule has 1 rings (SSSR count). The maximum Gasteiger partial charge on any atom is 0.228 e. The van der Waals surface area contributed by atoms with Crippen LogP contribution < -0.4 is 10.6 Å². The zero-order chi connectivity index (χ0) is 13.6. The van der Waals surface area contributed by atoms with Gasteiger partial charge in [0.15, 0.2) is 0 Å². The van der Waals surface area contributed by atoms with Crippen LogP contribution in [0.4, 0.5) is 11.9 Å². The van der Waals surface area contributed by atoms with Crippen LogP contribution in [0.25, 0.3) is 0 Å². The molecule has 102 valence electrons. The second kappa shape index (κ2) is 6.70. The van der Waals surface area contributed by atoms with E-state index >= 15 is 0 Å². The predicted molar refractivity (Wildman–Crippen MR) is 73.0 cm³/mol. The van der Waals surface area contributed by atoms with Crippen molar-refractivity contribution in [3.05, 3.63) is 5.28 Å². The molecule has 1 atom stereocenters. The summed E-state index contributed by atoms with van der Waals surface area (Å²) in [5.74, 6) is 0.804. The number of aromatic nitrogens is 3. The minimum absolute atomic E-state index is 0.127. The van der Waals surface area contributed by atoms with Gasteiger partial charge < -0.3 is 15.7 Å². The van der Waals surface area contributed by atoms with Crippen molar-refractivity contribution >= 4 is 23.5 Å². The number of hydrogen-bond donors (Lipinski definition) is 3. The third kappa shape index (κ3) is 5.01. The van der Waals surface area contributed by atoms with Gasteiger partial charge in [-0.2, -0.15) is 15.0 Å². The summed E-state index contributed by atoms with van der Waals surface area (Å²) >= 11 is 5.81. The second-order valence-electron chi connectivity index (χ2n) is 4.38. The summed E-state index contributed by atoms with van der Waals surface area (Å²) in [6.45, 7) is 6.84. The van der Waals surface area contributed by atoms with Gasteiger partial charge in [-0.05, 0) is 31.4 Å². The largest absolute Gasteiger partial charge is 0.388 e. The highest BCUT2D eigenvalue weighted by molar-refractivity contribution is 6.28. The number of anilines is 2. The Hall–Kier alpha value is -1.14. The molecular formula is C11H20ClN5O. The standard InChI is InChI=1S/C11H20ClN5O/c1-4-6-13-9-15-8(12)16-10(17-9)14-7-11(3,18)5-2/h18H,4-7H2,1-3H3,(H2,13,14,15,16,17). The van der Waals surface area contributed by atoms with Crippen LogP contribution in [0.5, 0.6) is 0 Å². The van der Waals surface area contributed by atoms with E-state index in [4.69, 9.17) is 11.6 Å². The molecule has 0 saturated heterocycles. The summed E-state index contributed by atoms with van der Waals surface area (Å²) in [7, 11) is 0. The number of hydrogen-bond acceptors (Lipinski definition) is 6. The van der Waals surface area contributed by atoms with Crippen LogP contribution in [-0.4, -0.2) is 38.7 Å². The molecule has 0 fully saturated rings. The first-order valence-corrected chi connectivity index (χ1v) is 6.46. The summed E-state index contributed by atoms with van der Waals surface area (Å²) in [5.41, 5.74) is -0.796. The molecule has 3 N–H and O–H groups in total. The van der Waals surface area contributed by atoms with Gasteiger partial charge in [-0.25, -0.2) is 0 Å². The maximum absolute atomic E-state index is 9.88. The van der Waals surface area contributed by atoms with Gasteiger partial charge in [0.2, 0.25) is 17.2 Å². The molecule has 0 bridgehead atoms. The van der Waals surface area contributed by atoms with E-state index < -0.39 is 5.60 Å². The van der Waals surface area contributed by atoms with Crippen LogP contribution in [0.15, 0.2) is 0 Å². The molecule has 0 saturated carbocycles. The fraction of sp³-hybridized carbons (Fsp3) is 0.727. The first kappa shape index (κ1) is 14.9. The van der Waals surface area contributed by atoms with E-state index in [2.05, 4.69) is 25.6 Å². The van der Waals surface area contributed by atoms with E-state index in [1.54, 1.807) is 6.92 Å². The van der Waals surface area contributed by atoms with Crippen molar-refractivity contribution in [1.29, 1.82) is 0 Å². The first-order valence-electron chi connectivity index (χ1n) is 6.08. The molecule has 0 aliphatic heterocycles. The molecule has 0 radical (unpaired) electrons. The highest BCUT2D eigenvalue weighted by atomic mass is 35.5. The van der Waals surface area contributed by atoms with Crippen molar-refractivity contribution in [3.8, 4) is 0 Å². The van der Waals surface area contributed by atoms with Crippen LogP contribution in [0.2, 0.25) is 5.28 Å². The second-order valence-corrected chi connectivity index (χ2v) is 4.72. The maximum atomic E-state index is 9.88. The lowest BCUT2D eigenvalue weighted by atomic mass is 10.0. The number of aliphatic hydroxyl groups is 1. The number of rotatable bonds is 7. The molecule has 1 aromatic rings. The molecule has 0 aliphatic rings. The molecule has 7 heteroatoms. The molecule has 1 aromatic heterocycles. The highest BCUT2D eigenvalue weighted by Crippen LogP contribution is 2.12. The molecule has 0 aromatic carbocycles. The fourth-order valence-electron chi connectivity index (χ4n) is 1.14. The fourth-order valence-corrected chi connectivity index (χ4v) is 1.30. The van der Waals surface area contributed by atoms with E-state index in [1.807, 2.05) is 13.8 Å². The van der Waals surface area contributed by atoms with Gasteiger partial charge in [0.25, 0.3) is 0 Å². The van der Waals surface area contributed by atoms with E-state index in [-0.39, 0.29) is 5.28 Å². The Kier molecular flexibility index (Phi) is 5.55. The summed E-state index contributed by atoms with van der Waals surface area (Å²) in [6.07, 6.45) is 1.61. The SMILES string of the molecule is CCCNc1nc(Cl)nc(NCC(C)(O)CC)n1. The minimum atomic E-state index is -0.796. The van der Waals surface area contributed by atoms with Crippen LogP contribution in [0.1, 0.15) is 33.6 Å². The van der Waals surface area contributed by atoms with E-state index in [9.17, 15) is 5.11 Å². The van der Waals surface area contributed by atoms with Crippen molar-refractivity contribution in [2.75, 3.05) is 23.7 Å². The number of nitrogens with zero attached hydrogens (tertiary/aromatic N) is 3. The van der Waals surface area contributed by atoms with Crippen LogP contribution >= 0.6 is 11.6 Å². The van der Waals surface area contributed by atoms with Gasteiger partial charge in [-0.3, -0.25) is 0 Å². The third-order valence-electron chi connectivity index (χ3n) is 2.53. The zero-order valence-corrected chi connectivity index (χ0v) is 11.8. The van der Waals surface area contributed by atoms with Crippen molar-refractivity contribution in [1.82, 2.24) is 15.0 Å². The van der Waals surface area contributed by atoms with Gasteiger partial charge in [-0.1, -0.05) is 13.8 Å². The Morgan fingerprint density at radius 3 is 2.33 bits per heavy atom. The van der Waals surface area contributed by atoms with Crippen molar-refractivity contribution in [3.63, 3.8) is 0 Å². The average Bonchev–Trinajstić information content (AvgIpc) is 2.33. The van der Waals surface area contributed by atoms with Gasteiger partial charge >= 0.3 is 0 Å². The van der Waals surface area contributed by atoms with Crippen molar-refractivity contribution in [2.45, 2.75) is 39.2 Å². The topological polar surface area (TPSA) is 83.0 Å². The van der Waals surface area contributed by atoms with Gasteiger partial charge in [0.1, 0.15) is 0 Å². The Bertz CT molecular complexity index is 386. The quantitative estimate of drug-likeness (QED) is 0.704. The molecule has 0 aliphatic carbocycles. The zero-order valence-electron chi connectivity index (χ0n) is 11.0. The third-order valence-corrected chi connectivity index (χ3v) is 2.70. The lowest BCUT2D eigenvalue weighted by Crippen LogP contribution is -2.33. The molecule has 1 heterocycles. The monoisotopic (exact) mass is 273 g/mol. The predicted octanol–water partition coefficient (Wildman–Crippen LogP) is 1.92. The summed E-state index contributed by atoms with van der Waals surface area (Å²) in [4.78, 5) is 12.1. The highest BCUT2D eigenvalue weighted by Gasteiger charge is 2.17. The van der Waals surface area contributed by atoms with Gasteiger partial charge in [0, 0.05) is 13.1 Å². The minimum Gasteiger partial charge on any atom is -0.388 e. The number of halogens is 1. The van der Waals surface area contributed by atoms with Crippen LogP contribution in [0, 0.1) is 0 Å². The van der Waals surface area contributed by atoms with E-state index in [0.717, 1.165) is 13.0 Å². The molecule has 6 nitrogen and oxygen atoms in total. The van der Waals surface area contributed by atoms with Crippen molar-refractivity contribution in [2.24, 2.45) is 0 Å². The molecule has 0 spiro atoms. The Morgan fingerprint density at radius 1 is 1.17 bits per heavy atom. The van der Waals surface area contributed by atoms with Crippen LogP contribution in [0.3, 0.4) is 0 Å². The van der Waals surface area contributed by atoms with E-state index in [1.165, 1.54) is 0 Å². The Morgan fingerprint density at radius 2 is 1.78 bits per heavy atom. The van der Waals surface area contributed by atoms with E-state index in [0.29, 0.717) is 24.9 Å². The molecular weight excluding hydrogens is 254 g/mol. The lowest BCUT2D eigenvalue weighted by Gasteiger charge is -2.21. The Balaban J connectivity index is 2.68. The lowest BCUT2D eigenvalue weighted by molar-refractivity contribution is 0.0695. The smallest absolute Gasteiger partial charge is 0.228 e. The average molecular weight is 274 g/mol. The normalized spacial score (nSPS) is 14.1. The number of nitrogens with one attached hydrogen (secondary N) is 2. The molecule has 1 unspecified atom stereocenters. The first-order chi connectivity index (χ1) is 8.46. The Labute approximate surface area is 112 Å². The van der Waals surface area contributed by atoms with Crippen molar-refractivity contribution < 1.29 is 5.11 Å². The molecule has 18 heavy (non-hydrogen) atoms. The van der Waals surface area contributed by atoms with Gasteiger partial charge in [0.05, 0.1) is 5.60 Å². The molecule has 0 amide bonds. The summed E-state index contributed by atoms with van der Waals surface area (Å²) in [6, 6.07) is 0.